The van der Waals surface area contributed by atoms with Crippen molar-refractivity contribution in [3.63, 3.8) is 0 Å². The van der Waals surface area contributed by atoms with Gasteiger partial charge in [-0.15, -0.1) is 0 Å². The van der Waals surface area contributed by atoms with Gasteiger partial charge in [0.05, 0.1) is 17.3 Å². The van der Waals surface area contributed by atoms with E-state index in [2.05, 4.69) is 5.32 Å². The van der Waals surface area contributed by atoms with Gasteiger partial charge in [0.25, 0.3) is 0 Å². The third-order valence-electron chi connectivity index (χ3n) is 3.34. The van der Waals surface area contributed by atoms with E-state index >= 15 is 0 Å². The van der Waals surface area contributed by atoms with Crippen molar-refractivity contribution in [2.75, 3.05) is 11.9 Å². The number of benzene rings is 2. The molecule has 20 heavy (non-hydrogen) atoms. The number of hydrogen-bond acceptors (Lipinski definition) is 2. The Morgan fingerprint density at radius 3 is 2.85 bits per heavy atom. The number of ether oxygens (including phenoxy) is 1. The van der Waals surface area contributed by atoms with Crippen LogP contribution >= 0.6 is 23.2 Å². The summed E-state index contributed by atoms with van der Waals surface area (Å²) in [5, 5.41) is 3.69. The lowest BCUT2D eigenvalue weighted by atomic mass is 10.1. The molecule has 104 valence electrons. The largest absolute Gasteiger partial charge is 0.481 e. The molecular formula is C15H12Cl2FNO. The second-order valence-electron chi connectivity index (χ2n) is 4.73. The first-order chi connectivity index (χ1) is 9.56. The molecule has 0 radical (unpaired) electrons. The van der Waals surface area contributed by atoms with Crippen molar-refractivity contribution >= 4 is 28.9 Å². The fourth-order valence-electron chi connectivity index (χ4n) is 2.29. The van der Waals surface area contributed by atoms with Gasteiger partial charge in [0.2, 0.25) is 0 Å². The van der Waals surface area contributed by atoms with E-state index in [1.54, 1.807) is 0 Å². The lowest BCUT2D eigenvalue weighted by Gasteiger charge is -2.29. The first kappa shape index (κ1) is 13.5. The van der Waals surface area contributed by atoms with Gasteiger partial charge in [-0.2, -0.15) is 0 Å². The second-order valence-corrected chi connectivity index (χ2v) is 5.54. The third-order valence-corrected chi connectivity index (χ3v) is 3.95. The highest BCUT2D eigenvalue weighted by Gasteiger charge is 2.25. The molecule has 5 heteroatoms. The normalized spacial score (nSPS) is 17.1. The quantitative estimate of drug-likeness (QED) is 0.749. The number of fused-ring (bicyclic) bond motifs is 1. The molecule has 0 saturated carbocycles. The van der Waals surface area contributed by atoms with Crippen molar-refractivity contribution in [1.82, 2.24) is 0 Å². The number of hydrogen-bond donors (Lipinski definition) is 1. The van der Waals surface area contributed by atoms with Crippen LogP contribution in [0.4, 0.5) is 10.1 Å². The molecule has 1 aliphatic heterocycles. The Morgan fingerprint density at radius 1 is 1.25 bits per heavy atom. The Hall–Kier alpha value is -1.45. The van der Waals surface area contributed by atoms with Crippen molar-refractivity contribution in [2.45, 2.75) is 13.0 Å². The van der Waals surface area contributed by atoms with Crippen LogP contribution in [-0.2, 0) is 0 Å². The molecule has 3 rings (SSSR count). The van der Waals surface area contributed by atoms with Crippen LogP contribution in [0.1, 0.15) is 17.2 Å². The Balaban J connectivity index is 1.98. The summed E-state index contributed by atoms with van der Waals surface area (Å²) in [5.74, 6) is 0.278. The number of para-hydroxylation sites is 1. The molecule has 2 aromatic rings. The monoisotopic (exact) mass is 311 g/mol. The van der Waals surface area contributed by atoms with Crippen LogP contribution in [0.3, 0.4) is 0 Å². The van der Waals surface area contributed by atoms with Gasteiger partial charge in [-0.3, -0.25) is 0 Å². The minimum atomic E-state index is -0.495. The van der Waals surface area contributed by atoms with Crippen LogP contribution in [0, 0.1) is 12.7 Å². The van der Waals surface area contributed by atoms with Crippen molar-refractivity contribution in [1.29, 1.82) is 0 Å². The Morgan fingerprint density at radius 2 is 2.05 bits per heavy atom. The molecule has 1 atom stereocenters. The second kappa shape index (κ2) is 5.15. The van der Waals surface area contributed by atoms with Crippen LogP contribution in [0.2, 0.25) is 10.0 Å². The molecule has 0 aromatic heterocycles. The van der Waals surface area contributed by atoms with Crippen molar-refractivity contribution < 1.29 is 9.13 Å². The van der Waals surface area contributed by atoms with Crippen molar-refractivity contribution in [3.05, 3.63) is 57.3 Å². The van der Waals surface area contributed by atoms with Crippen molar-refractivity contribution in [2.24, 2.45) is 0 Å². The summed E-state index contributed by atoms with van der Waals surface area (Å²) in [6.45, 7) is 2.49. The molecule has 0 fully saturated rings. The Labute approximate surface area is 126 Å². The zero-order chi connectivity index (χ0) is 14.3. The predicted molar refractivity (Wildman–Crippen MR) is 79.5 cm³/mol. The summed E-state index contributed by atoms with van der Waals surface area (Å²) in [6.07, 6.45) is -0.345. The zero-order valence-corrected chi connectivity index (χ0v) is 12.2. The molecular weight excluding hydrogens is 300 g/mol. The minimum Gasteiger partial charge on any atom is -0.481 e. The molecule has 0 aliphatic carbocycles. The molecule has 0 spiro atoms. The first-order valence-electron chi connectivity index (χ1n) is 6.21. The summed E-state index contributed by atoms with van der Waals surface area (Å²) in [5.41, 5.74) is 2.55. The van der Waals surface area contributed by atoms with Gasteiger partial charge in [-0.05, 0) is 30.7 Å². The third kappa shape index (κ3) is 2.32. The van der Waals surface area contributed by atoms with Crippen molar-refractivity contribution in [3.8, 4) is 5.75 Å². The van der Waals surface area contributed by atoms with E-state index in [0.717, 1.165) is 17.0 Å². The van der Waals surface area contributed by atoms with E-state index in [0.29, 0.717) is 17.1 Å². The van der Waals surface area contributed by atoms with Gasteiger partial charge < -0.3 is 10.1 Å². The average molecular weight is 312 g/mol. The molecule has 2 aromatic carbocycles. The highest BCUT2D eigenvalue weighted by Crippen LogP contribution is 2.39. The molecule has 2 nitrogen and oxygen atoms in total. The highest BCUT2D eigenvalue weighted by molar-refractivity contribution is 6.35. The molecule has 1 heterocycles. The standard InChI is InChI=1S/C15H12Cl2FNO/c1-8-3-2-4-13-15(8)20-14(7-19-13)9-5-12(18)11(17)6-10(9)16/h2-6,14,19H,7H2,1H3. The Bertz CT molecular complexity index is 675. The van der Waals surface area contributed by atoms with Crippen LogP contribution in [-0.4, -0.2) is 6.54 Å². The van der Waals surface area contributed by atoms with Gasteiger partial charge in [-0.25, -0.2) is 4.39 Å². The maximum absolute atomic E-state index is 13.6. The van der Waals surface area contributed by atoms with E-state index in [9.17, 15) is 4.39 Å². The van der Waals surface area contributed by atoms with Crippen LogP contribution in [0.15, 0.2) is 30.3 Å². The molecule has 1 unspecified atom stereocenters. The molecule has 1 N–H and O–H groups in total. The molecule has 1 aliphatic rings. The van der Waals surface area contributed by atoms with Gasteiger partial charge in [0.15, 0.2) is 0 Å². The maximum Gasteiger partial charge on any atom is 0.146 e. The maximum atomic E-state index is 13.6. The lowest BCUT2D eigenvalue weighted by molar-refractivity contribution is 0.208. The van der Waals surface area contributed by atoms with E-state index in [-0.39, 0.29) is 11.1 Å². The highest BCUT2D eigenvalue weighted by atomic mass is 35.5. The van der Waals surface area contributed by atoms with Gasteiger partial charge >= 0.3 is 0 Å². The summed E-state index contributed by atoms with van der Waals surface area (Å²) < 4.78 is 19.6. The summed E-state index contributed by atoms with van der Waals surface area (Å²) >= 11 is 11.9. The van der Waals surface area contributed by atoms with Crippen LogP contribution in [0.5, 0.6) is 5.75 Å². The smallest absolute Gasteiger partial charge is 0.146 e. The average Bonchev–Trinajstić information content (AvgIpc) is 2.43. The zero-order valence-electron chi connectivity index (χ0n) is 10.7. The van der Waals surface area contributed by atoms with Crippen LogP contribution in [0.25, 0.3) is 0 Å². The van der Waals surface area contributed by atoms with E-state index < -0.39 is 5.82 Å². The van der Waals surface area contributed by atoms with Gasteiger partial charge in [0, 0.05) is 10.6 Å². The number of anilines is 1. The van der Waals surface area contributed by atoms with Gasteiger partial charge in [0.1, 0.15) is 17.7 Å². The number of nitrogens with one attached hydrogen (secondary N) is 1. The lowest BCUT2D eigenvalue weighted by Crippen LogP contribution is -2.24. The van der Waals surface area contributed by atoms with Crippen LogP contribution < -0.4 is 10.1 Å². The minimum absolute atomic E-state index is 0.0131. The first-order valence-corrected chi connectivity index (χ1v) is 6.96. The van der Waals surface area contributed by atoms with E-state index in [1.807, 2.05) is 25.1 Å². The summed E-state index contributed by atoms with van der Waals surface area (Å²) in [6, 6.07) is 8.61. The fourth-order valence-corrected chi connectivity index (χ4v) is 2.80. The topological polar surface area (TPSA) is 21.3 Å². The number of rotatable bonds is 1. The van der Waals surface area contributed by atoms with E-state index in [4.69, 9.17) is 27.9 Å². The predicted octanol–water partition coefficient (Wildman–Crippen LogP) is 4.99. The Kier molecular flexibility index (Phi) is 3.48. The summed E-state index contributed by atoms with van der Waals surface area (Å²) in [4.78, 5) is 0. The molecule has 0 saturated heterocycles. The number of aryl methyl sites for hydroxylation is 1. The van der Waals surface area contributed by atoms with E-state index in [1.165, 1.54) is 12.1 Å². The summed E-state index contributed by atoms with van der Waals surface area (Å²) in [7, 11) is 0. The molecule has 0 bridgehead atoms. The SMILES string of the molecule is Cc1cccc2c1OC(c1cc(F)c(Cl)cc1Cl)CN2. The van der Waals surface area contributed by atoms with Gasteiger partial charge in [-0.1, -0.05) is 35.3 Å². The number of halogens is 3. The fraction of sp³-hybridized carbons (Fsp3) is 0.200. The molecule has 0 amide bonds.